The molecule has 0 radical (unpaired) electrons. The highest BCUT2D eigenvalue weighted by atomic mass is 14.1. The lowest BCUT2D eigenvalue weighted by Gasteiger charge is -2.12. The van der Waals surface area contributed by atoms with Gasteiger partial charge in [-0.25, -0.2) is 0 Å². The number of fused-ring (bicyclic) bond motifs is 5. The van der Waals surface area contributed by atoms with Crippen molar-refractivity contribution in [1.82, 2.24) is 0 Å². The average Bonchev–Trinajstić information content (AvgIpc) is 3.16. The average molecular weight is 607 g/mol. The van der Waals surface area contributed by atoms with E-state index < -0.39 is 0 Å². The summed E-state index contributed by atoms with van der Waals surface area (Å²) in [5.74, 6) is 7.23. The summed E-state index contributed by atoms with van der Waals surface area (Å²) in [5.41, 5.74) is 9.17. The van der Waals surface area contributed by atoms with Crippen LogP contribution in [0.1, 0.15) is 11.1 Å². The fourth-order valence-corrected chi connectivity index (χ4v) is 6.96. The summed E-state index contributed by atoms with van der Waals surface area (Å²) < 4.78 is 0. The zero-order valence-corrected chi connectivity index (χ0v) is 26.3. The van der Waals surface area contributed by atoms with E-state index in [9.17, 15) is 0 Å². The van der Waals surface area contributed by atoms with Crippen molar-refractivity contribution in [2.24, 2.45) is 0 Å². The lowest BCUT2D eigenvalue weighted by atomic mass is 9.91. The van der Waals surface area contributed by atoms with Crippen LogP contribution in [-0.2, 0) is 0 Å². The van der Waals surface area contributed by atoms with E-state index in [1.54, 1.807) is 0 Å². The summed E-state index contributed by atoms with van der Waals surface area (Å²) in [6.45, 7) is 0. The molecule has 0 N–H and O–H groups in total. The Morgan fingerprint density at radius 1 is 0.250 bits per heavy atom. The molecule has 222 valence electrons. The Bertz CT molecular complexity index is 2720. The molecule has 0 aliphatic rings. The molecule has 0 aromatic heterocycles. The molecule has 9 aromatic rings. The van der Waals surface area contributed by atoms with Gasteiger partial charge in [-0.15, -0.1) is 0 Å². The first kappa shape index (κ1) is 27.9. The van der Waals surface area contributed by atoms with Gasteiger partial charge in [0.25, 0.3) is 0 Å². The molecule has 0 bridgehead atoms. The Balaban J connectivity index is 1.24. The van der Waals surface area contributed by atoms with Crippen molar-refractivity contribution < 1.29 is 0 Å². The van der Waals surface area contributed by atoms with Gasteiger partial charge in [0.2, 0.25) is 0 Å². The molecule has 0 aliphatic heterocycles. The number of rotatable bonds is 3. The number of hydrogen-bond donors (Lipinski definition) is 0. The fraction of sp³-hybridized carbons (Fsp3) is 0. The first-order chi connectivity index (χ1) is 23.8. The molecule has 0 fully saturated rings. The van der Waals surface area contributed by atoms with Crippen LogP contribution in [0.4, 0.5) is 0 Å². The summed E-state index contributed by atoms with van der Waals surface area (Å²) in [7, 11) is 0. The Hall–Kier alpha value is -6.42. The predicted molar refractivity (Wildman–Crippen MR) is 205 cm³/mol. The van der Waals surface area contributed by atoms with Crippen LogP contribution in [0, 0.1) is 11.8 Å². The van der Waals surface area contributed by atoms with Crippen LogP contribution in [-0.4, -0.2) is 0 Å². The largest absolute Gasteiger partial charge is 0.0622 e. The molecule has 0 saturated carbocycles. The maximum absolute atomic E-state index is 3.65. The molecule has 9 aromatic carbocycles. The Morgan fingerprint density at radius 2 is 0.750 bits per heavy atom. The minimum absolute atomic E-state index is 1.02. The van der Waals surface area contributed by atoms with E-state index in [1.165, 1.54) is 65.5 Å². The van der Waals surface area contributed by atoms with E-state index in [0.717, 1.165) is 22.1 Å². The van der Waals surface area contributed by atoms with Crippen LogP contribution >= 0.6 is 0 Å². The van der Waals surface area contributed by atoms with Gasteiger partial charge in [0.05, 0.1) is 0 Å². The zero-order valence-electron chi connectivity index (χ0n) is 26.3. The minimum atomic E-state index is 1.02. The standard InChI is InChI=1S/C48H30/c1-2-12-35(13-3-1)45-17-9-8-14-36(45)20-23-43-31-44-30-41(39-21-18-33-10-4-6-15-37(33)28-39)24-26-46(44)47-27-25-42(32-48(43)47)40-22-19-34-11-5-7-16-38(34)29-40/h1-19,21-22,24-32H. The molecule has 0 spiro atoms. The van der Waals surface area contributed by atoms with Gasteiger partial charge in [-0.05, 0) is 113 Å². The van der Waals surface area contributed by atoms with E-state index >= 15 is 0 Å². The number of benzene rings is 9. The van der Waals surface area contributed by atoms with Gasteiger partial charge in [0.15, 0.2) is 0 Å². The van der Waals surface area contributed by atoms with Crippen molar-refractivity contribution in [2.45, 2.75) is 0 Å². The lowest BCUT2D eigenvalue weighted by Crippen LogP contribution is -1.88. The van der Waals surface area contributed by atoms with Gasteiger partial charge in [0.1, 0.15) is 0 Å². The van der Waals surface area contributed by atoms with E-state index in [2.05, 4.69) is 194 Å². The van der Waals surface area contributed by atoms with Crippen LogP contribution in [0.5, 0.6) is 0 Å². The molecule has 0 saturated heterocycles. The van der Waals surface area contributed by atoms with Crippen LogP contribution in [0.3, 0.4) is 0 Å². The van der Waals surface area contributed by atoms with Gasteiger partial charge in [0, 0.05) is 11.1 Å². The second-order valence-corrected chi connectivity index (χ2v) is 12.4. The van der Waals surface area contributed by atoms with Gasteiger partial charge in [-0.3, -0.25) is 0 Å². The summed E-state index contributed by atoms with van der Waals surface area (Å²) in [6, 6.07) is 65.5. The molecule has 0 unspecified atom stereocenters. The Kier molecular flexibility index (Phi) is 6.81. The molecule has 0 nitrogen and oxygen atoms in total. The van der Waals surface area contributed by atoms with Gasteiger partial charge in [-0.1, -0.05) is 157 Å². The smallest absolute Gasteiger partial charge is 0.0334 e. The summed E-state index contributed by atoms with van der Waals surface area (Å²) >= 11 is 0. The topological polar surface area (TPSA) is 0 Å². The number of hydrogen-bond acceptors (Lipinski definition) is 0. The third-order valence-corrected chi connectivity index (χ3v) is 9.46. The van der Waals surface area contributed by atoms with E-state index in [-0.39, 0.29) is 0 Å². The van der Waals surface area contributed by atoms with Crippen molar-refractivity contribution in [3.8, 4) is 45.2 Å². The third-order valence-electron chi connectivity index (χ3n) is 9.46. The van der Waals surface area contributed by atoms with E-state index in [1.807, 2.05) is 0 Å². The van der Waals surface area contributed by atoms with Crippen molar-refractivity contribution in [1.29, 1.82) is 0 Å². The minimum Gasteiger partial charge on any atom is -0.0622 e. The molecule has 0 atom stereocenters. The third kappa shape index (κ3) is 5.09. The van der Waals surface area contributed by atoms with Crippen LogP contribution < -0.4 is 0 Å². The molecule has 48 heavy (non-hydrogen) atoms. The highest BCUT2D eigenvalue weighted by Crippen LogP contribution is 2.36. The maximum atomic E-state index is 3.65. The van der Waals surface area contributed by atoms with Crippen LogP contribution in [0.25, 0.3) is 76.5 Å². The second-order valence-electron chi connectivity index (χ2n) is 12.4. The van der Waals surface area contributed by atoms with Gasteiger partial charge < -0.3 is 0 Å². The molecule has 0 heteroatoms. The second kappa shape index (κ2) is 11.7. The van der Waals surface area contributed by atoms with Crippen molar-refractivity contribution in [3.63, 3.8) is 0 Å². The maximum Gasteiger partial charge on any atom is 0.0334 e. The summed E-state index contributed by atoms with van der Waals surface area (Å²) in [6.07, 6.45) is 0. The molecule has 0 amide bonds. The van der Waals surface area contributed by atoms with Gasteiger partial charge >= 0.3 is 0 Å². The molecule has 0 aliphatic carbocycles. The van der Waals surface area contributed by atoms with Crippen LogP contribution in [0.15, 0.2) is 182 Å². The Labute approximate surface area is 280 Å². The molecule has 0 heterocycles. The fourth-order valence-electron chi connectivity index (χ4n) is 6.96. The van der Waals surface area contributed by atoms with Crippen molar-refractivity contribution in [3.05, 3.63) is 193 Å². The van der Waals surface area contributed by atoms with Gasteiger partial charge in [-0.2, -0.15) is 0 Å². The van der Waals surface area contributed by atoms with Crippen molar-refractivity contribution in [2.75, 3.05) is 0 Å². The summed E-state index contributed by atoms with van der Waals surface area (Å²) in [4.78, 5) is 0. The quantitative estimate of drug-likeness (QED) is 0.139. The predicted octanol–water partition coefficient (Wildman–Crippen LogP) is 12.7. The van der Waals surface area contributed by atoms with E-state index in [0.29, 0.717) is 0 Å². The first-order valence-electron chi connectivity index (χ1n) is 16.4. The molecular weight excluding hydrogens is 577 g/mol. The Morgan fingerprint density at radius 3 is 1.44 bits per heavy atom. The highest BCUT2D eigenvalue weighted by Gasteiger charge is 2.11. The monoisotopic (exact) mass is 606 g/mol. The molecule has 9 rings (SSSR count). The normalized spacial score (nSPS) is 11.2. The highest BCUT2D eigenvalue weighted by molar-refractivity contribution is 6.12. The SMILES string of the molecule is C(#Cc1cc2cc(-c3ccc4ccccc4c3)ccc2c2ccc(-c3ccc4ccccc4c3)cc12)c1ccccc1-c1ccccc1. The lowest BCUT2D eigenvalue weighted by molar-refractivity contribution is 1.58. The zero-order chi connectivity index (χ0) is 31.9. The van der Waals surface area contributed by atoms with Crippen LogP contribution in [0.2, 0.25) is 0 Å². The molecular formula is C48H30. The van der Waals surface area contributed by atoms with E-state index in [4.69, 9.17) is 0 Å². The first-order valence-corrected chi connectivity index (χ1v) is 16.4. The van der Waals surface area contributed by atoms with Crippen molar-refractivity contribution >= 4 is 43.1 Å². The summed E-state index contributed by atoms with van der Waals surface area (Å²) in [5, 5.41) is 9.79.